The smallest absolute Gasteiger partial charge is 0.243 e. The van der Waals surface area contributed by atoms with Gasteiger partial charge in [0, 0.05) is 30.4 Å². The van der Waals surface area contributed by atoms with Crippen molar-refractivity contribution in [3.05, 3.63) is 22.7 Å². The number of anilines is 1. The summed E-state index contributed by atoms with van der Waals surface area (Å²) in [4.78, 5) is 0.204. The maximum absolute atomic E-state index is 12.6. The van der Waals surface area contributed by atoms with Crippen LogP contribution in [0.5, 0.6) is 0 Å². The van der Waals surface area contributed by atoms with Crippen LogP contribution in [0, 0.1) is 5.92 Å². The number of ether oxygens (including phenoxy) is 1. The summed E-state index contributed by atoms with van der Waals surface area (Å²) in [6.07, 6.45) is 0. The molecule has 0 amide bonds. The highest BCUT2D eigenvalue weighted by Crippen LogP contribution is 2.25. The van der Waals surface area contributed by atoms with E-state index in [1.165, 1.54) is 10.4 Å². The molecule has 0 aliphatic rings. The van der Waals surface area contributed by atoms with Crippen LogP contribution in [0.25, 0.3) is 0 Å². The van der Waals surface area contributed by atoms with E-state index < -0.39 is 10.0 Å². The first-order valence-corrected chi connectivity index (χ1v) is 8.56. The highest BCUT2D eigenvalue weighted by atomic mass is 79.9. The third-order valence-electron chi connectivity index (χ3n) is 2.72. The van der Waals surface area contributed by atoms with Gasteiger partial charge in [0.1, 0.15) is 0 Å². The lowest BCUT2D eigenvalue weighted by Gasteiger charge is -2.24. The number of nitrogens with zero attached hydrogens (tertiary/aromatic N) is 1. The number of hydrogen-bond donors (Lipinski definition) is 1. The second kappa shape index (κ2) is 7.40. The monoisotopic (exact) mass is 364 g/mol. The summed E-state index contributed by atoms with van der Waals surface area (Å²) in [5.74, 6) is 0.231. The zero-order valence-electron chi connectivity index (χ0n) is 12.0. The van der Waals surface area contributed by atoms with Crippen molar-refractivity contribution in [1.29, 1.82) is 0 Å². The fraction of sp³-hybridized carbons (Fsp3) is 0.538. The predicted molar refractivity (Wildman–Crippen MR) is 84.0 cm³/mol. The van der Waals surface area contributed by atoms with Crippen molar-refractivity contribution in [2.45, 2.75) is 18.7 Å². The van der Waals surface area contributed by atoms with Gasteiger partial charge >= 0.3 is 0 Å². The van der Waals surface area contributed by atoms with Gasteiger partial charge in [-0.05, 0) is 40.0 Å². The van der Waals surface area contributed by atoms with Gasteiger partial charge in [-0.15, -0.1) is 0 Å². The van der Waals surface area contributed by atoms with E-state index in [4.69, 9.17) is 10.5 Å². The molecule has 0 spiro atoms. The van der Waals surface area contributed by atoms with Crippen LogP contribution in [0.15, 0.2) is 27.6 Å². The van der Waals surface area contributed by atoms with Crippen LogP contribution in [0.1, 0.15) is 13.8 Å². The van der Waals surface area contributed by atoms with Gasteiger partial charge in [-0.1, -0.05) is 13.8 Å². The molecule has 2 N–H and O–H groups in total. The standard InChI is InChI=1S/C13H21BrN2O3S/c1-10(2)9-16(6-7-19-3)20(17,18)11-4-5-12(14)13(15)8-11/h4-5,8,10H,6-7,9,15H2,1-3H3. The van der Waals surface area contributed by atoms with Crippen LogP contribution in [0.3, 0.4) is 0 Å². The van der Waals surface area contributed by atoms with Crippen molar-refractivity contribution in [3.63, 3.8) is 0 Å². The quantitative estimate of drug-likeness (QED) is 0.753. The van der Waals surface area contributed by atoms with Crippen molar-refractivity contribution >= 4 is 31.6 Å². The average molecular weight is 365 g/mol. The van der Waals surface area contributed by atoms with Gasteiger partial charge in [-0.3, -0.25) is 0 Å². The number of hydrogen-bond acceptors (Lipinski definition) is 4. The third kappa shape index (κ3) is 4.44. The SMILES string of the molecule is COCCN(CC(C)C)S(=O)(=O)c1ccc(Br)c(N)c1. The molecular formula is C13H21BrN2O3S. The Balaban J connectivity index is 3.10. The molecule has 114 valence electrons. The first kappa shape index (κ1) is 17.4. The number of rotatable bonds is 7. The molecule has 1 aromatic rings. The summed E-state index contributed by atoms with van der Waals surface area (Å²) in [6.45, 7) is 5.09. The van der Waals surface area contributed by atoms with E-state index in [0.29, 0.717) is 29.9 Å². The molecule has 0 saturated carbocycles. The fourth-order valence-electron chi connectivity index (χ4n) is 1.74. The van der Waals surface area contributed by atoms with Gasteiger partial charge in [0.25, 0.3) is 0 Å². The summed E-state index contributed by atoms with van der Waals surface area (Å²) >= 11 is 3.26. The summed E-state index contributed by atoms with van der Waals surface area (Å²) in [7, 11) is -2.00. The maximum atomic E-state index is 12.6. The lowest BCUT2D eigenvalue weighted by atomic mass is 10.2. The van der Waals surface area contributed by atoms with Gasteiger partial charge in [0.2, 0.25) is 10.0 Å². The van der Waals surface area contributed by atoms with Crippen LogP contribution < -0.4 is 5.73 Å². The van der Waals surface area contributed by atoms with Crippen molar-refractivity contribution in [1.82, 2.24) is 4.31 Å². The largest absolute Gasteiger partial charge is 0.398 e. The maximum Gasteiger partial charge on any atom is 0.243 e. The number of nitrogen functional groups attached to an aromatic ring is 1. The molecule has 20 heavy (non-hydrogen) atoms. The Labute approximate surface area is 129 Å². The van der Waals surface area contributed by atoms with Crippen LogP contribution in [0.4, 0.5) is 5.69 Å². The van der Waals surface area contributed by atoms with E-state index >= 15 is 0 Å². The van der Waals surface area contributed by atoms with Gasteiger partial charge in [-0.25, -0.2) is 8.42 Å². The predicted octanol–water partition coefficient (Wildman–Crippen LogP) is 2.32. The number of benzene rings is 1. The molecule has 0 aliphatic heterocycles. The lowest BCUT2D eigenvalue weighted by molar-refractivity contribution is 0.175. The molecule has 5 nitrogen and oxygen atoms in total. The molecule has 7 heteroatoms. The summed E-state index contributed by atoms with van der Waals surface area (Å²) in [6, 6.07) is 4.67. The van der Waals surface area contributed by atoms with Crippen LogP contribution in [0.2, 0.25) is 0 Å². The van der Waals surface area contributed by atoms with E-state index in [2.05, 4.69) is 15.9 Å². The summed E-state index contributed by atoms with van der Waals surface area (Å²) < 4.78 is 32.4. The van der Waals surface area contributed by atoms with Gasteiger partial charge in [0.05, 0.1) is 11.5 Å². The van der Waals surface area contributed by atoms with E-state index in [9.17, 15) is 8.42 Å². The second-order valence-corrected chi connectivity index (χ2v) is 7.73. The van der Waals surface area contributed by atoms with E-state index in [-0.39, 0.29) is 10.8 Å². The molecule has 0 saturated heterocycles. The minimum Gasteiger partial charge on any atom is -0.398 e. The molecule has 1 aromatic carbocycles. The van der Waals surface area contributed by atoms with E-state index in [0.717, 1.165) is 0 Å². The Bertz CT molecular complexity index is 547. The third-order valence-corrected chi connectivity index (χ3v) is 5.30. The van der Waals surface area contributed by atoms with E-state index in [1.54, 1.807) is 19.2 Å². The zero-order chi connectivity index (χ0) is 15.3. The van der Waals surface area contributed by atoms with Gasteiger partial charge in [-0.2, -0.15) is 4.31 Å². The Morgan fingerprint density at radius 3 is 2.55 bits per heavy atom. The molecule has 0 unspecified atom stereocenters. The minimum atomic E-state index is -3.56. The first-order valence-electron chi connectivity index (χ1n) is 6.33. The molecule has 0 aromatic heterocycles. The number of nitrogens with two attached hydrogens (primary N) is 1. The molecule has 1 rings (SSSR count). The Morgan fingerprint density at radius 1 is 1.40 bits per heavy atom. The van der Waals surface area contributed by atoms with Gasteiger partial charge < -0.3 is 10.5 Å². The fourth-order valence-corrected chi connectivity index (χ4v) is 3.61. The number of halogens is 1. The average Bonchev–Trinajstić information content (AvgIpc) is 2.37. The minimum absolute atomic E-state index is 0.204. The van der Waals surface area contributed by atoms with E-state index in [1.807, 2.05) is 13.8 Å². The Morgan fingerprint density at radius 2 is 2.05 bits per heavy atom. The Kier molecular flexibility index (Phi) is 6.44. The van der Waals surface area contributed by atoms with Crippen LogP contribution >= 0.6 is 15.9 Å². The number of sulfonamides is 1. The molecule has 0 heterocycles. The van der Waals surface area contributed by atoms with Crippen LogP contribution in [-0.4, -0.2) is 39.5 Å². The Hall–Kier alpha value is -0.630. The first-order chi connectivity index (χ1) is 9.28. The molecular weight excluding hydrogens is 344 g/mol. The van der Waals surface area contributed by atoms with Crippen LogP contribution in [-0.2, 0) is 14.8 Å². The topological polar surface area (TPSA) is 72.6 Å². The highest BCUT2D eigenvalue weighted by Gasteiger charge is 2.25. The lowest BCUT2D eigenvalue weighted by Crippen LogP contribution is -2.36. The molecule has 0 atom stereocenters. The van der Waals surface area contributed by atoms with Gasteiger partial charge in [0.15, 0.2) is 0 Å². The van der Waals surface area contributed by atoms with Crippen molar-refractivity contribution in [3.8, 4) is 0 Å². The normalized spacial score (nSPS) is 12.3. The number of methoxy groups -OCH3 is 1. The van der Waals surface area contributed by atoms with Crippen molar-refractivity contribution in [2.24, 2.45) is 5.92 Å². The van der Waals surface area contributed by atoms with Crippen molar-refractivity contribution in [2.75, 3.05) is 32.5 Å². The summed E-state index contributed by atoms with van der Waals surface area (Å²) in [5.41, 5.74) is 6.17. The molecule has 0 aliphatic carbocycles. The molecule has 0 radical (unpaired) electrons. The van der Waals surface area contributed by atoms with Crippen molar-refractivity contribution < 1.29 is 13.2 Å². The highest BCUT2D eigenvalue weighted by molar-refractivity contribution is 9.10. The summed E-state index contributed by atoms with van der Waals surface area (Å²) in [5, 5.41) is 0. The molecule has 0 fully saturated rings. The second-order valence-electron chi connectivity index (χ2n) is 4.93. The zero-order valence-corrected chi connectivity index (χ0v) is 14.4. The molecule has 0 bridgehead atoms.